The van der Waals surface area contributed by atoms with Crippen molar-refractivity contribution < 1.29 is 14.4 Å². The fourth-order valence-electron chi connectivity index (χ4n) is 5.02. The van der Waals surface area contributed by atoms with Gasteiger partial charge in [0.25, 0.3) is 0 Å². The van der Waals surface area contributed by atoms with E-state index < -0.39 is 10.8 Å². The zero-order valence-electron chi connectivity index (χ0n) is 10.7. The van der Waals surface area contributed by atoms with Crippen LogP contribution in [-0.4, -0.2) is 18.9 Å². The number of amides is 2. The van der Waals surface area contributed by atoms with Gasteiger partial charge in [0.2, 0.25) is 11.8 Å². The maximum Gasteiger partial charge on any atom is 0.249 e. The van der Waals surface area contributed by atoms with Crippen LogP contribution in [0.5, 0.6) is 0 Å². The summed E-state index contributed by atoms with van der Waals surface area (Å²) in [4.78, 5) is 28.9. The molecule has 18 heavy (non-hydrogen) atoms. The van der Waals surface area contributed by atoms with Crippen LogP contribution in [0, 0.1) is 22.7 Å². The molecule has 0 aromatic carbocycles. The van der Waals surface area contributed by atoms with E-state index in [-0.39, 0.29) is 11.8 Å². The molecule has 0 spiro atoms. The summed E-state index contributed by atoms with van der Waals surface area (Å²) >= 11 is 0. The van der Waals surface area contributed by atoms with Crippen LogP contribution in [0.1, 0.15) is 38.5 Å². The molecule has 4 aliphatic rings. The number of nitrogens with two attached hydrogens (primary N) is 1. The van der Waals surface area contributed by atoms with Crippen LogP contribution in [0.2, 0.25) is 0 Å². The van der Waals surface area contributed by atoms with Gasteiger partial charge in [0.15, 0.2) is 0 Å². The molecule has 4 rings (SSSR count). The Kier molecular flexibility index (Phi) is 2.46. The normalized spacial score (nSPS) is 44.9. The monoisotopic (exact) mass is 252 g/mol. The van der Waals surface area contributed by atoms with Gasteiger partial charge in [-0.05, 0) is 50.4 Å². The Morgan fingerprint density at radius 2 is 1.72 bits per heavy atom. The lowest BCUT2D eigenvalue weighted by Crippen LogP contribution is -2.60. The van der Waals surface area contributed by atoms with Gasteiger partial charge in [0, 0.05) is 0 Å². The Hall–Kier alpha value is -1.10. The topological polar surface area (TPSA) is 81.4 Å². The average Bonchev–Trinajstić information content (AvgIpc) is 2.27. The van der Waals surface area contributed by atoms with Gasteiger partial charge in [-0.15, -0.1) is 0 Å². The molecule has 0 aromatic heterocycles. The van der Waals surface area contributed by atoms with Gasteiger partial charge in [-0.25, -0.2) is 5.48 Å². The van der Waals surface area contributed by atoms with E-state index in [0.29, 0.717) is 18.3 Å². The minimum atomic E-state index is -0.435. The van der Waals surface area contributed by atoms with E-state index >= 15 is 0 Å². The van der Waals surface area contributed by atoms with Gasteiger partial charge in [0.05, 0.1) is 17.9 Å². The Balaban J connectivity index is 1.94. The molecule has 2 unspecified atom stereocenters. The molecule has 2 atom stereocenters. The van der Waals surface area contributed by atoms with Gasteiger partial charge < -0.3 is 5.73 Å². The Morgan fingerprint density at radius 3 is 2.22 bits per heavy atom. The molecule has 0 saturated heterocycles. The highest BCUT2D eigenvalue weighted by Gasteiger charge is 2.62. The van der Waals surface area contributed by atoms with E-state index in [1.54, 1.807) is 0 Å². The number of carbonyl (C=O) groups is 2. The second kappa shape index (κ2) is 3.70. The largest absolute Gasteiger partial charge is 0.369 e. The summed E-state index contributed by atoms with van der Waals surface area (Å²) in [6.07, 6.45) is 5.28. The maximum atomic E-state index is 12.3. The molecule has 4 saturated carbocycles. The Bertz CT molecular complexity index is 393. The molecular weight excluding hydrogens is 232 g/mol. The zero-order chi connectivity index (χ0) is 13.0. The minimum Gasteiger partial charge on any atom is -0.369 e. The number of nitrogens with one attached hydrogen (secondary N) is 1. The third-order valence-electron chi connectivity index (χ3n) is 5.26. The van der Waals surface area contributed by atoms with Crippen molar-refractivity contribution in [1.82, 2.24) is 5.48 Å². The summed E-state index contributed by atoms with van der Waals surface area (Å²) < 4.78 is 0. The SMILES string of the molecule is CONC(=O)C12CC3CC(CC(C(N)=O)(C3)C1)C2. The number of carbonyl (C=O) groups excluding carboxylic acids is 2. The van der Waals surface area contributed by atoms with Gasteiger partial charge in [-0.1, -0.05) is 0 Å². The second-order valence-corrected chi connectivity index (χ2v) is 6.52. The Morgan fingerprint density at radius 1 is 1.17 bits per heavy atom. The number of rotatable bonds is 3. The number of hydrogen-bond donors (Lipinski definition) is 2. The Labute approximate surface area is 106 Å². The molecule has 4 aliphatic carbocycles. The standard InChI is InChI=1S/C13H20N2O3/c1-18-15-11(17)13-5-8-2-9(6-13)4-12(3-8,7-13)10(14)16/h8-9H,2-7H2,1H3,(H2,14,16)(H,15,17). The molecule has 5 heteroatoms. The lowest BCUT2D eigenvalue weighted by molar-refractivity contribution is -0.172. The van der Waals surface area contributed by atoms with Crippen LogP contribution in [-0.2, 0) is 14.4 Å². The van der Waals surface area contributed by atoms with Crippen molar-refractivity contribution in [3.63, 3.8) is 0 Å². The first-order valence-electron chi connectivity index (χ1n) is 6.63. The van der Waals surface area contributed by atoms with Crippen molar-refractivity contribution in [2.75, 3.05) is 7.11 Å². The molecule has 4 fully saturated rings. The van der Waals surface area contributed by atoms with E-state index in [1.165, 1.54) is 7.11 Å². The highest BCUT2D eigenvalue weighted by molar-refractivity contribution is 5.86. The summed E-state index contributed by atoms with van der Waals surface area (Å²) in [5.41, 5.74) is 7.23. The fraction of sp³-hybridized carbons (Fsp3) is 0.846. The quantitative estimate of drug-likeness (QED) is 0.727. The number of hydroxylamine groups is 1. The third-order valence-corrected chi connectivity index (χ3v) is 5.26. The molecule has 0 aliphatic heterocycles. The zero-order valence-corrected chi connectivity index (χ0v) is 10.7. The molecule has 0 heterocycles. The number of primary amides is 1. The van der Waals surface area contributed by atoms with Crippen molar-refractivity contribution in [3.05, 3.63) is 0 Å². The van der Waals surface area contributed by atoms with Crippen molar-refractivity contribution in [2.24, 2.45) is 28.4 Å². The lowest BCUT2D eigenvalue weighted by Gasteiger charge is -2.59. The van der Waals surface area contributed by atoms with Crippen molar-refractivity contribution >= 4 is 11.8 Å². The molecule has 4 bridgehead atoms. The van der Waals surface area contributed by atoms with Crippen LogP contribution in [0.25, 0.3) is 0 Å². The second-order valence-electron chi connectivity index (χ2n) is 6.52. The minimum absolute atomic E-state index is 0.0651. The molecule has 3 N–H and O–H groups in total. The van der Waals surface area contributed by atoms with Crippen LogP contribution < -0.4 is 11.2 Å². The molecule has 100 valence electrons. The summed E-state index contributed by atoms with van der Waals surface area (Å²) in [5, 5.41) is 0. The highest BCUT2D eigenvalue weighted by atomic mass is 16.6. The molecule has 0 aromatic rings. The molecule has 0 radical (unpaired) electrons. The predicted molar refractivity (Wildman–Crippen MR) is 63.9 cm³/mol. The van der Waals surface area contributed by atoms with E-state index in [1.807, 2.05) is 0 Å². The first-order valence-corrected chi connectivity index (χ1v) is 6.63. The van der Waals surface area contributed by atoms with E-state index in [9.17, 15) is 9.59 Å². The maximum absolute atomic E-state index is 12.3. The molecule has 5 nitrogen and oxygen atoms in total. The summed E-state index contributed by atoms with van der Waals surface area (Å²) in [5.74, 6) is 0.665. The van der Waals surface area contributed by atoms with E-state index in [0.717, 1.165) is 32.1 Å². The van der Waals surface area contributed by atoms with Crippen LogP contribution in [0.15, 0.2) is 0 Å². The van der Waals surface area contributed by atoms with E-state index in [4.69, 9.17) is 10.6 Å². The van der Waals surface area contributed by atoms with Crippen molar-refractivity contribution in [1.29, 1.82) is 0 Å². The average molecular weight is 252 g/mol. The summed E-state index contributed by atoms with van der Waals surface area (Å²) in [6.45, 7) is 0. The van der Waals surface area contributed by atoms with Crippen LogP contribution in [0.3, 0.4) is 0 Å². The molecular formula is C13H20N2O3. The predicted octanol–water partition coefficient (Wildman–Crippen LogP) is 0.736. The van der Waals surface area contributed by atoms with Crippen LogP contribution in [0.4, 0.5) is 0 Å². The van der Waals surface area contributed by atoms with Gasteiger partial charge in [-0.2, -0.15) is 0 Å². The van der Waals surface area contributed by atoms with Crippen molar-refractivity contribution in [2.45, 2.75) is 38.5 Å². The van der Waals surface area contributed by atoms with Crippen LogP contribution >= 0.6 is 0 Å². The third kappa shape index (κ3) is 1.49. The lowest BCUT2D eigenvalue weighted by atomic mass is 9.44. The molecule has 2 amide bonds. The summed E-state index contributed by atoms with van der Waals surface area (Å²) in [6, 6.07) is 0. The highest BCUT2D eigenvalue weighted by Crippen LogP contribution is 2.65. The fourth-order valence-corrected chi connectivity index (χ4v) is 5.02. The van der Waals surface area contributed by atoms with Crippen molar-refractivity contribution in [3.8, 4) is 0 Å². The number of hydrogen-bond acceptors (Lipinski definition) is 3. The summed E-state index contributed by atoms with van der Waals surface area (Å²) in [7, 11) is 1.45. The van der Waals surface area contributed by atoms with Gasteiger partial charge in [-0.3, -0.25) is 14.4 Å². The first-order chi connectivity index (χ1) is 8.50. The van der Waals surface area contributed by atoms with Gasteiger partial charge in [0.1, 0.15) is 0 Å². The van der Waals surface area contributed by atoms with E-state index in [2.05, 4.69) is 5.48 Å². The smallest absolute Gasteiger partial charge is 0.249 e. The van der Waals surface area contributed by atoms with Gasteiger partial charge >= 0.3 is 0 Å². The first kappa shape index (κ1) is 12.0.